The maximum atomic E-state index is 10.9. The summed E-state index contributed by atoms with van der Waals surface area (Å²) in [6, 6.07) is 7.70. The van der Waals surface area contributed by atoms with Gasteiger partial charge in [-0.3, -0.25) is 4.79 Å². The summed E-state index contributed by atoms with van der Waals surface area (Å²) in [4.78, 5) is 10.9. The number of nitrogens with two attached hydrogens (primary N) is 1. The number of hydrogen-bond acceptors (Lipinski definition) is 3. The molecule has 0 radical (unpaired) electrons. The molecule has 16 heavy (non-hydrogen) atoms. The first-order chi connectivity index (χ1) is 7.55. The van der Waals surface area contributed by atoms with E-state index in [1.165, 1.54) is 0 Å². The zero-order chi connectivity index (χ0) is 11.8. The van der Waals surface area contributed by atoms with E-state index in [1.807, 2.05) is 24.3 Å². The molecule has 0 spiro atoms. The summed E-state index contributed by atoms with van der Waals surface area (Å²) in [7, 11) is 1.62. The summed E-state index contributed by atoms with van der Waals surface area (Å²) in [5.74, 6) is 0.116. The van der Waals surface area contributed by atoms with Crippen molar-refractivity contribution in [1.82, 2.24) is 0 Å². The number of carboxylic acid groups (broad SMARTS) is 1. The average molecular weight is 221 g/mol. The first-order valence-electron chi connectivity index (χ1n) is 5.21. The van der Waals surface area contributed by atoms with Crippen LogP contribution in [0.2, 0.25) is 0 Å². The van der Waals surface area contributed by atoms with Gasteiger partial charge in [0.15, 0.2) is 0 Å². The molecule has 3 N–H and O–H groups in total. The van der Waals surface area contributed by atoms with E-state index in [-0.39, 0.29) is 5.92 Å². The Morgan fingerprint density at radius 3 is 2.81 bits per heavy atom. The second-order valence-electron chi connectivity index (χ2n) is 4.34. The van der Waals surface area contributed by atoms with Crippen molar-refractivity contribution in [2.75, 3.05) is 7.11 Å². The van der Waals surface area contributed by atoms with Crippen LogP contribution in [0.15, 0.2) is 24.3 Å². The lowest BCUT2D eigenvalue weighted by molar-refractivity contribution is -0.147. The van der Waals surface area contributed by atoms with Crippen LogP contribution in [0.5, 0.6) is 5.75 Å². The minimum absolute atomic E-state index is 0.233. The quantitative estimate of drug-likeness (QED) is 0.808. The van der Waals surface area contributed by atoms with E-state index < -0.39 is 11.5 Å². The minimum Gasteiger partial charge on any atom is -0.497 e. The van der Waals surface area contributed by atoms with E-state index in [9.17, 15) is 4.79 Å². The smallest absolute Gasteiger partial charge is 0.323 e. The van der Waals surface area contributed by atoms with Crippen molar-refractivity contribution in [3.8, 4) is 5.75 Å². The monoisotopic (exact) mass is 221 g/mol. The summed E-state index contributed by atoms with van der Waals surface area (Å²) in [5, 5.41) is 8.91. The second kappa shape index (κ2) is 3.79. The lowest BCUT2D eigenvalue weighted by Gasteiger charge is -2.41. The van der Waals surface area contributed by atoms with E-state index in [4.69, 9.17) is 15.6 Å². The van der Waals surface area contributed by atoms with Gasteiger partial charge in [-0.1, -0.05) is 12.1 Å². The number of methoxy groups -OCH3 is 1. The molecule has 0 amide bonds. The average Bonchev–Trinajstić information content (AvgIpc) is 2.24. The zero-order valence-electron chi connectivity index (χ0n) is 9.14. The number of benzene rings is 1. The van der Waals surface area contributed by atoms with E-state index in [2.05, 4.69) is 0 Å². The Morgan fingerprint density at radius 1 is 1.56 bits per heavy atom. The van der Waals surface area contributed by atoms with Crippen LogP contribution in [0.3, 0.4) is 0 Å². The fourth-order valence-corrected chi connectivity index (χ4v) is 2.13. The van der Waals surface area contributed by atoms with E-state index >= 15 is 0 Å². The molecule has 1 aliphatic carbocycles. The number of ether oxygens (including phenoxy) is 1. The summed E-state index contributed by atoms with van der Waals surface area (Å²) in [6.07, 6.45) is 0.991. The lowest BCUT2D eigenvalue weighted by Crippen LogP contribution is -2.56. The zero-order valence-corrected chi connectivity index (χ0v) is 9.14. The molecule has 0 heterocycles. The third-order valence-electron chi connectivity index (χ3n) is 3.21. The summed E-state index contributed by atoms with van der Waals surface area (Å²) in [6.45, 7) is 0. The molecule has 1 aromatic carbocycles. The molecule has 1 fully saturated rings. The van der Waals surface area contributed by atoms with E-state index in [1.54, 1.807) is 7.11 Å². The molecule has 1 saturated carbocycles. The van der Waals surface area contributed by atoms with Gasteiger partial charge in [0, 0.05) is 0 Å². The maximum Gasteiger partial charge on any atom is 0.323 e. The summed E-state index contributed by atoms with van der Waals surface area (Å²) in [5.41, 5.74) is 5.78. The van der Waals surface area contributed by atoms with E-state index in [0.29, 0.717) is 12.8 Å². The largest absolute Gasteiger partial charge is 0.497 e. The van der Waals surface area contributed by atoms with Gasteiger partial charge < -0.3 is 15.6 Å². The van der Waals surface area contributed by atoms with Crippen molar-refractivity contribution >= 4 is 5.97 Å². The molecular weight excluding hydrogens is 206 g/mol. The molecule has 0 bridgehead atoms. The fraction of sp³-hybridized carbons (Fsp3) is 0.417. The molecule has 1 aromatic rings. The highest BCUT2D eigenvalue weighted by Gasteiger charge is 2.47. The first-order valence-corrected chi connectivity index (χ1v) is 5.21. The normalized spacial score (nSPS) is 28.2. The minimum atomic E-state index is -1.03. The molecule has 4 heteroatoms. The van der Waals surface area contributed by atoms with Crippen LogP contribution in [-0.4, -0.2) is 23.7 Å². The van der Waals surface area contributed by atoms with Gasteiger partial charge in [0.05, 0.1) is 7.11 Å². The molecule has 1 aliphatic rings. The van der Waals surface area contributed by atoms with Crippen molar-refractivity contribution in [3.05, 3.63) is 29.8 Å². The van der Waals surface area contributed by atoms with Crippen LogP contribution in [0.1, 0.15) is 24.3 Å². The lowest BCUT2D eigenvalue weighted by atomic mass is 9.66. The van der Waals surface area contributed by atoms with Crippen molar-refractivity contribution in [3.63, 3.8) is 0 Å². The Bertz CT molecular complexity index is 410. The van der Waals surface area contributed by atoms with Gasteiger partial charge >= 0.3 is 5.97 Å². The molecule has 86 valence electrons. The van der Waals surface area contributed by atoms with Gasteiger partial charge in [-0.25, -0.2) is 0 Å². The molecule has 0 aromatic heterocycles. The van der Waals surface area contributed by atoms with Gasteiger partial charge in [0.1, 0.15) is 11.3 Å². The third kappa shape index (κ3) is 1.76. The van der Waals surface area contributed by atoms with Gasteiger partial charge in [-0.15, -0.1) is 0 Å². The predicted octanol–water partition coefficient (Wildman–Crippen LogP) is 1.35. The third-order valence-corrected chi connectivity index (χ3v) is 3.21. The highest BCUT2D eigenvalue weighted by molar-refractivity contribution is 5.80. The SMILES string of the molecule is COc1cccc(C2CC(N)(C(=O)O)C2)c1. The van der Waals surface area contributed by atoms with Crippen LogP contribution in [-0.2, 0) is 4.79 Å². The summed E-state index contributed by atoms with van der Waals surface area (Å²) >= 11 is 0. The molecule has 0 unspecified atom stereocenters. The van der Waals surface area contributed by atoms with Crippen molar-refractivity contribution in [1.29, 1.82) is 0 Å². The Morgan fingerprint density at radius 2 is 2.25 bits per heavy atom. The number of carboxylic acids is 1. The fourth-order valence-electron chi connectivity index (χ4n) is 2.13. The summed E-state index contributed by atoms with van der Waals surface area (Å²) < 4.78 is 5.13. The first kappa shape index (κ1) is 11.0. The molecule has 0 atom stereocenters. The van der Waals surface area contributed by atoms with Gasteiger partial charge in [0.2, 0.25) is 0 Å². The molecule has 0 aliphatic heterocycles. The van der Waals surface area contributed by atoms with Crippen LogP contribution in [0.25, 0.3) is 0 Å². The second-order valence-corrected chi connectivity index (χ2v) is 4.34. The van der Waals surface area contributed by atoms with Crippen LogP contribution in [0.4, 0.5) is 0 Å². The van der Waals surface area contributed by atoms with Crippen molar-refractivity contribution < 1.29 is 14.6 Å². The topological polar surface area (TPSA) is 72.5 Å². The number of hydrogen-bond donors (Lipinski definition) is 2. The number of rotatable bonds is 3. The Labute approximate surface area is 94.0 Å². The molecule has 4 nitrogen and oxygen atoms in total. The standard InChI is InChI=1S/C12H15NO3/c1-16-10-4-2-3-8(5-10)9-6-12(13,7-9)11(14)15/h2-5,9H,6-7,13H2,1H3,(H,14,15). The van der Waals surface area contributed by atoms with Crippen molar-refractivity contribution in [2.45, 2.75) is 24.3 Å². The Kier molecular flexibility index (Phi) is 2.59. The van der Waals surface area contributed by atoms with Crippen LogP contribution in [0, 0.1) is 0 Å². The highest BCUT2D eigenvalue weighted by Crippen LogP contribution is 2.43. The Hall–Kier alpha value is -1.55. The van der Waals surface area contributed by atoms with Gasteiger partial charge in [-0.2, -0.15) is 0 Å². The molecular formula is C12H15NO3. The Balaban J connectivity index is 2.09. The predicted molar refractivity (Wildman–Crippen MR) is 59.5 cm³/mol. The van der Waals surface area contributed by atoms with Gasteiger partial charge in [-0.05, 0) is 36.5 Å². The van der Waals surface area contributed by atoms with Crippen LogP contribution >= 0.6 is 0 Å². The molecule has 0 saturated heterocycles. The van der Waals surface area contributed by atoms with Crippen LogP contribution < -0.4 is 10.5 Å². The molecule has 2 rings (SSSR count). The number of aliphatic carboxylic acids is 1. The van der Waals surface area contributed by atoms with Crippen molar-refractivity contribution in [2.24, 2.45) is 5.73 Å². The maximum absolute atomic E-state index is 10.9. The van der Waals surface area contributed by atoms with E-state index in [0.717, 1.165) is 11.3 Å². The highest BCUT2D eigenvalue weighted by atomic mass is 16.5. The number of carbonyl (C=O) groups is 1. The van der Waals surface area contributed by atoms with Gasteiger partial charge in [0.25, 0.3) is 0 Å².